The quantitative estimate of drug-likeness (QED) is 0.727. The second-order valence-corrected chi connectivity index (χ2v) is 10.5. The van der Waals surface area contributed by atoms with Gasteiger partial charge < -0.3 is 14.8 Å². The normalized spacial score (nSPS) is 20.4. The van der Waals surface area contributed by atoms with Crippen LogP contribution in [0.3, 0.4) is 0 Å². The van der Waals surface area contributed by atoms with Crippen molar-refractivity contribution in [3.05, 3.63) is 28.7 Å². The minimum absolute atomic E-state index is 0.136. The van der Waals surface area contributed by atoms with Crippen LogP contribution in [-0.2, 0) is 47.0 Å². The summed E-state index contributed by atoms with van der Waals surface area (Å²) in [6.07, 6.45) is 6.68. The van der Waals surface area contributed by atoms with Crippen LogP contribution in [0.2, 0.25) is 0 Å². The molecule has 1 fully saturated rings. The van der Waals surface area contributed by atoms with Crippen molar-refractivity contribution in [1.29, 1.82) is 0 Å². The molecule has 4 aliphatic rings. The van der Waals surface area contributed by atoms with E-state index in [9.17, 15) is 13.2 Å². The van der Waals surface area contributed by atoms with Crippen LogP contribution in [0, 0.1) is 5.41 Å². The molecule has 164 valence electrons. The Hall–Kier alpha value is -2.66. The maximum atomic E-state index is 12.9. The average molecular weight is 446 g/mol. The number of rotatable bonds is 3. The van der Waals surface area contributed by atoms with Crippen molar-refractivity contribution in [3.8, 4) is 5.88 Å². The first-order valence-electron chi connectivity index (χ1n) is 10.6. The predicted molar refractivity (Wildman–Crippen MR) is 109 cm³/mol. The van der Waals surface area contributed by atoms with Gasteiger partial charge in [-0.3, -0.25) is 4.98 Å². The van der Waals surface area contributed by atoms with Gasteiger partial charge in [0.25, 0.3) is 10.0 Å². The Morgan fingerprint density at radius 3 is 2.42 bits per heavy atom. The van der Waals surface area contributed by atoms with Gasteiger partial charge in [0.15, 0.2) is 4.90 Å². The highest BCUT2D eigenvalue weighted by molar-refractivity contribution is 7.90. The molecule has 2 N–H and O–H groups in total. The lowest BCUT2D eigenvalue weighted by atomic mass is 9.86. The lowest BCUT2D eigenvalue weighted by molar-refractivity contribution is -0.154. The van der Waals surface area contributed by atoms with Gasteiger partial charge in [0, 0.05) is 11.4 Å². The molecule has 0 unspecified atom stereocenters. The predicted octanol–water partition coefficient (Wildman–Crippen LogP) is 1.17. The molecule has 2 aliphatic carbocycles. The van der Waals surface area contributed by atoms with Gasteiger partial charge >= 0.3 is 6.03 Å². The zero-order valence-electron chi connectivity index (χ0n) is 16.9. The fraction of sp³-hybridized carbons (Fsp3) is 0.550. The highest BCUT2D eigenvalue weighted by Gasteiger charge is 2.45. The number of carbonyl (C=O) groups is 1. The molecule has 4 heterocycles. The molecule has 0 aromatic carbocycles. The molecule has 0 radical (unpaired) electrons. The third-order valence-electron chi connectivity index (χ3n) is 6.58. The molecule has 0 bridgehead atoms. The van der Waals surface area contributed by atoms with E-state index in [4.69, 9.17) is 14.5 Å². The zero-order valence-corrected chi connectivity index (χ0v) is 17.8. The van der Waals surface area contributed by atoms with Crippen molar-refractivity contribution in [1.82, 2.24) is 19.5 Å². The number of aryl methyl sites for hydroxylation is 2. The molecular weight excluding hydrogens is 422 g/mol. The van der Waals surface area contributed by atoms with E-state index in [0.29, 0.717) is 26.4 Å². The minimum atomic E-state index is -4.15. The van der Waals surface area contributed by atoms with Gasteiger partial charge in [-0.1, -0.05) is 0 Å². The number of carbonyl (C=O) groups excluding carboxylic acids is 1. The number of anilines is 1. The average Bonchev–Trinajstić information content (AvgIpc) is 3.44. The number of pyridine rings is 1. The number of urea groups is 1. The minimum Gasteiger partial charge on any atom is -0.476 e. The number of nitrogens with one attached hydrogen (secondary N) is 2. The molecule has 31 heavy (non-hydrogen) atoms. The molecule has 2 amide bonds. The summed E-state index contributed by atoms with van der Waals surface area (Å²) in [5, 5.41) is 6.98. The van der Waals surface area contributed by atoms with Crippen LogP contribution in [0.15, 0.2) is 11.1 Å². The molecule has 2 aromatic heterocycles. The van der Waals surface area contributed by atoms with Crippen LogP contribution < -0.4 is 14.8 Å². The zero-order chi connectivity index (χ0) is 21.2. The number of sulfonamides is 1. The third kappa shape index (κ3) is 3.01. The van der Waals surface area contributed by atoms with Crippen molar-refractivity contribution in [2.75, 3.05) is 25.1 Å². The van der Waals surface area contributed by atoms with Crippen molar-refractivity contribution in [3.63, 3.8) is 0 Å². The molecular formula is C20H23N5O5S. The maximum absolute atomic E-state index is 12.9. The SMILES string of the molecule is O=C(Nc1c2c(nc3c1CCC3)CCC2)NS(=O)(=O)c1cnn2c1OCC1(COC1)C2. The van der Waals surface area contributed by atoms with Gasteiger partial charge in [-0.25, -0.2) is 22.6 Å². The first kappa shape index (κ1) is 19.1. The molecule has 1 saturated heterocycles. The first-order valence-corrected chi connectivity index (χ1v) is 12.1. The van der Waals surface area contributed by atoms with Crippen LogP contribution in [0.25, 0.3) is 0 Å². The fourth-order valence-electron chi connectivity index (χ4n) is 5.00. The van der Waals surface area contributed by atoms with E-state index < -0.39 is 16.1 Å². The number of hydrogen-bond acceptors (Lipinski definition) is 7. The van der Waals surface area contributed by atoms with Crippen molar-refractivity contribution in [2.24, 2.45) is 5.41 Å². The van der Waals surface area contributed by atoms with Gasteiger partial charge in [-0.05, 0) is 49.7 Å². The van der Waals surface area contributed by atoms with E-state index in [1.807, 2.05) is 0 Å². The summed E-state index contributed by atoms with van der Waals surface area (Å²) in [5.74, 6) is 0.156. The van der Waals surface area contributed by atoms with Crippen LogP contribution >= 0.6 is 0 Å². The maximum Gasteiger partial charge on any atom is 0.333 e. The second kappa shape index (κ2) is 6.67. The third-order valence-corrected chi connectivity index (χ3v) is 7.90. The van der Waals surface area contributed by atoms with Gasteiger partial charge in [0.2, 0.25) is 5.88 Å². The standard InChI is InChI=1S/C20H23N5O5S/c26-19(23-17-12-3-1-5-14(12)22-15-6-2-4-13(15)17)24-31(27,28)16-7-21-25-8-20(9-29-10-20)11-30-18(16)25/h7H,1-6,8-11H2,(H2,22,23,24,26). The summed E-state index contributed by atoms with van der Waals surface area (Å²) in [6, 6.07) is -0.783. The number of aromatic nitrogens is 3. The molecule has 1 spiro atoms. The van der Waals surface area contributed by atoms with Gasteiger partial charge in [-0.15, -0.1) is 0 Å². The van der Waals surface area contributed by atoms with Crippen molar-refractivity contribution >= 4 is 21.7 Å². The number of fused-ring (bicyclic) bond motifs is 3. The molecule has 0 atom stereocenters. The lowest BCUT2D eigenvalue weighted by Crippen LogP contribution is -2.52. The van der Waals surface area contributed by atoms with Crippen LogP contribution in [-0.4, -0.2) is 49.0 Å². The van der Waals surface area contributed by atoms with Gasteiger partial charge in [-0.2, -0.15) is 5.10 Å². The van der Waals surface area contributed by atoms with Gasteiger partial charge in [0.05, 0.1) is 37.1 Å². The number of ether oxygens (including phenoxy) is 2. The van der Waals surface area contributed by atoms with Crippen LogP contribution in [0.1, 0.15) is 35.4 Å². The smallest absolute Gasteiger partial charge is 0.333 e. The van der Waals surface area contributed by atoms with E-state index >= 15 is 0 Å². The van der Waals surface area contributed by atoms with E-state index in [2.05, 4.69) is 15.1 Å². The molecule has 0 saturated carbocycles. The van der Waals surface area contributed by atoms with E-state index in [-0.39, 0.29) is 16.2 Å². The lowest BCUT2D eigenvalue weighted by Gasteiger charge is -2.43. The summed E-state index contributed by atoms with van der Waals surface area (Å²) in [6.45, 7) is 2.02. The summed E-state index contributed by atoms with van der Waals surface area (Å²) in [7, 11) is -4.15. The van der Waals surface area contributed by atoms with E-state index in [0.717, 1.165) is 66.7 Å². The molecule has 10 nitrogen and oxygen atoms in total. The number of amides is 2. The molecule has 6 rings (SSSR count). The summed E-state index contributed by atoms with van der Waals surface area (Å²) >= 11 is 0. The Kier molecular flexibility index (Phi) is 4.10. The topological polar surface area (TPSA) is 124 Å². The molecule has 2 aliphatic heterocycles. The Balaban J connectivity index is 1.24. The summed E-state index contributed by atoms with van der Waals surface area (Å²) < 4.78 is 40.5. The Morgan fingerprint density at radius 2 is 1.77 bits per heavy atom. The fourth-order valence-corrected chi connectivity index (χ4v) is 5.99. The first-order chi connectivity index (χ1) is 14.9. The van der Waals surface area contributed by atoms with Crippen LogP contribution in [0.5, 0.6) is 5.88 Å². The molecule has 2 aromatic rings. The monoisotopic (exact) mass is 445 g/mol. The largest absolute Gasteiger partial charge is 0.476 e. The molecule has 11 heteroatoms. The van der Waals surface area contributed by atoms with Crippen molar-refractivity contribution in [2.45, 2.75) is 50.0 Å². The Morgan fingerprint density at radius 1 is 1.06 bits per heavy atom. The highest BCUT2D eigenvalue weighted by Crippen LogP contribution is 2.39. The number of nitrogens with zero attached hydrogens (tertiary/aromatic N) is 3. The van der Waals surface area contributed by atoms with E-state index in [1.165, 1.54) is 10.9 Å². The van der Waals surface area contributed by atoms with Gasteiger partial charge in [0.1, 0.15) is 6.61 Å². The second-order valence-electron chi connectivity index (χ2n) is 8.86. The summed E-state index contributed by atoms with van der Waals surface area (Å²) in [4.78, 5) is 17.4. The summed E-state index contributed by atoms with van der Waals surface area (Å²) in [5.41, 5.74) is 4.70. The van der Waals surface area contributed by atoms with E-state index in [1.54, 1.807) is 0 Å². The Labute approximate surface area is 179 Å². The number of hydrogen-bond donors (Lipinski definition) is 2. The highest BCUT2D eigenvalue weighted by atomic mass is 32.2. The Bertz CT molecular complexity index is 1170. The van der Waals surface area contributed by atoms with Crippen LogP contribution in [0.4, 0.5) is 10.5 Å². The van der Waals surface area contributed by atoms with Crippen molar-refractivity contribution < 1.29 is 22.7 Å².